The van der Waals surface area contributed by atoms with E-state index in [2.05, 4.69) is 37.5 Å². The van der Waals surface area contributed by atoms with Crippen LogP contribution in [0.4, 0.5) is 0 Å². The minimum absolute atomic E-state index is 0.264. The van der Waals surface area contributed by atoms with E-state index in [1.54, 1.807) is 0 Å². The molecule has 0 aromatic heterocycles. The highest BCUT2D eigenvalue weighted by Gasteiger charge is 2.39. The number of carbonyl (C=O) groups is 1. The van der Waals surface area contributed by atoms with E-state index in [1.807, 2.05) is 0 Å². The van der Waals surface area contributed by atoms with Crippen molar-refractivity contribution in [3.05, 3.63) is 0 Å². The largest absolute Gasteiger partial charge is 0.342 e. The second-order valence-corrected chi connectivity index (χ2v) is 9.95. The van der Waals surface area contributed by atoms with Gasteiger partial charge in [-0.2, -0.15) is 0 Å². The molecule has 0 aromatic rings. The van der Waals surface area contributed by atoms with E-state index in [-0.39, 0.29) is 5.92 Å². The van der Waals surface area contributed by atoms with Crippen LogP contribution in [-0.4, -0.2) is 48.4 Å². The summed E-state index contributed by atoms with van der Waals surface area (Å²) in [6.45, 7) is 15.0. The molecule has 0 radical (unpaired) electrons. The first-order valence-corrected chi connectivity index (χ1v) is 12.5. The molecule has 0 N–H and O–H groups in total. The first-order chi connectivity index (χ1) is 13.5. The van der Waals surface area contributed by atoms with Crippen LogP contribution in [0.25, 0.3) is 0 Å². The van der Waals surface area contributed by atoms with Gasteiger partial charge in [0.15, 0.2) is 0 Å². The topological polar surface area (TPSA) is 23.6 Å². The Kier molecular flexibility index (Phi) is 10.3. The van der Waals surface area contributed by atoms with E-state index in [1.165, 1.54) is 77.4 Å². The van der Waals surface area contributed by atoms with Gasteiger partial charge in [0.05, 0.1) is 0 Å². The normalized spacial score (nSPS) is 22.4. The second-order valence-electron chi connectivity index (χ2n) is 9.95. The number of piperidine rings is 2. The molecule has 2 aliphatic heterocycles. The third-order valence-electron chi connectivity index (χ3n) is 7.75. The Morgan fingerprint density at radius 3 is 2.04 bits per heavy atom. The van der Waals surface area contributed by atoms with E-state index in [9.17, 15) is 4.79 Å². The van der Waals surface area contributed by atoms with E-state index in [0.29, 0.717) is 11.3 Å². The van der Waals surface area contributed by atoms with Crippen LogP contribution in [0.2, 0.25) is 0 Å². The second kappa shape index (κ2) is 12.2. The van der Waals surface area contributed by atoms with Gasteiger partial charge in [-0.15, -0.1) is 0 Å². The van der Waals surface area contributed by atoms with Gasteiger partial charge in [0, 0.05) is 19.0 Å². The lowest BCUT2D eigenvalue weighted by atomic mass is 9.71. The smallest absolute Gasteiger partial charge is 0.225 e. The van der Waals surface area contributed by atoms with E-state index >= 15 is 0 Å². The zero-order valence-corrected chi connectivity index (χ0v) is 19.5. The molecule has 0 saturated carbocycles. The van der Waals surface area contributed by atoms with Gasteiger partial charge in [0.2, 0.25) is 5.91 Å². The van der Waals surface area contributed by atoms with Gasteiger partial charge < -0.3 is 9.80 Å². The van der Waals surface area contributed by atoms with Crippen molar-refractivity contribution >= 4 is 5.91 Å². The molecule has 2 saturated heterocycles. The van der Waals surface area contributed by atoms with Gasteiger partial charge >= 0.3 is 0 Å². The number of unbranched alkanes of at least 4 members (excludes halogenated alkanes) is 1. The number of hydrogen-bond donors (Lipinski definition) is 0. The summed E-state index contributed by atoms with van der Waals surface area (Å²) in [5.41, 5.74) is 0.536. The van der Waals surface area contributed by atoms with Crippen LogP contribution in [0, 0.1) is 17.3 Å². The highest BCUT2D eigenvalue weighted by atomic mass is 16.2. The van der Waals surface area contributed by atoms with Crippen molar-refractivity contribution in [2.24, 2.45) is 17.3 Å². The average Bonchev–Trinajstić information content (AvgIpc) is 2.72. The van der Waals surface area contributed by atoms with Gasteiger partial charge in [-0.05, 0) is 82.3 Å². The van der Waals surface area contributed by atoms with Crippen LogP contribution in [0.15, 0.2) is 0 Å². The van der Waals surface area contributed by atoms with E-state index < -0.39 is 0 Å². The molecular weight excluding hydrogens is 344 g/mol. The van der Waals surface area contributed by atoms with Crippen molar-refractivity contribution in [2.75, 3.05) is 32.7 Å². The molecule has 0 aliphatic carbocycles. The predicted octanol–water partition coefficient (Wildman–Crippen LogP) is 6.12. The third-order valence-corrected chi connectivity index (χ3v) is 7.75. The minimum atomic E-state index is 0.264. The third kappa shape index (κ3) is 7.04. The summed E-state index contributed by atoms with van der Waals surface area (Å²) in [6.07, 6.45) is 15.3. The Balaban J connectivity index is 1.67. The highest BCUT2D eigenvalue weighted by molar-refractivity contribution is 5.78. The zero-order chi connectivity index (χ0) is 20.4. The Morgan fingerprint density at radius 1 is 0.857 bits per heavy atom. The fraction of sp³-hybridized carbons (Fsp3) is 0.960. The van der Waals surface area contributed by atoms with Crippen LogP contribution in [-0.2, 0) is 4.79 Å². The van der Waals surface area contributed by atoms with E-state index in [0.717, 1.165) is 38.3 Å². The summed E-state index contributed by atoms with van der Waals surface area (Å²) >= 11 is 0. The number of amides is 1. The molecule has 2 rings (SSSR count). The molecule has 1 spiro atoms. The van der Waals surface area contributed by atoms with Crippen LogP contribution in [0.1, 0.15) is 105 Å². The molecule has 2 atom stereocenters. The first-order valence-electron chi connectivity index (χ1n) is 12.5. The van der Waals surface area contributed by atoms with Crippen molar-refractivity contribution in [3.63, 3.8) is 0 Å². The predicted molar refractivity (Wildman–Crippen MR) is 121 cm³/mol. The first kappa shape index (κ1) is 23.7. The molecule has 2 fully saturated rings. The number of nitrogens with zero attached hydrogens (tertiary/aromatic N) is 2. The molecule has 0 bridgehead atoms. The molecule has 3 heteroatoms. The standard InChI is InChI=1S/C25H48N2O/c1-5-8-11-22(4)12-9-17-26-18-13-25(14-19-26)15-20-27(21-16-25)24(28)23(7-3)10-6-2/h22-23H,5-21H2,1-4H3. The quantitative estimate of drug-likeness (QED) is 0.422. The fourth-order valence-electron chi connectivity index (χ4n) is 5.42. The molecular formula is C25H48N2O. The highest BCUT2D eigenvalue weighted by Crippen LogP contribution is 2.41. The Morgan fingerprint density at radius 2 is 1.46 bits per heavy atom. The van der Waals surface area contributed by atoms with Gasteiger partial charge in [-0.1, -0.05) is 53.4 Å². The molecule has 28 heavy (non-hydrogen) atoms. The van der Waals surface area contributed by atoms with Crippen molar-refractivity contribution in [1.82, 2.24) is 9.80 Å². The molecule has 2 heterocycles. The minimum Gasteiger partial charge on any atom is -0.342 e. The zero-order valence-electron chi connectivity index (χ0n) is 19.5. The molecule has 3 nitrogen and oxygen atoms in total. The number of carbonyl (C=O) groups excluding carboxylic acids is 1. The van der Waals surface area contributed by atoms with Gasteiger partial charge in [0.1, 0.15) is 0 Å². The molecule has 164 valence electrons. The van der Waals surface area contributed by atoms with Crippen molar-refractivity contribution in [1.29, 1.82) is 0 Å². The van der Waals surface area contributed by atoms with E-state index in [4.69, 9.17) is 0 Å². The summed E-state index contributed by atoms with van der Waals surface area (Å²) in [4.78, 5) is 17.7. The average molecular weight is 393 g/mol. The van der Waals surface area contributed by atoms with Crippen LogP contribution in [0.3, 0.4) is 0 Å². The Labute approximate surface area is 175 Å². The molecule has 2 aliphatic rings. The molecule has 0 aromatic carbocycles. The SMILES string of the molecule is CCCCC(C)CCCN1CCC2(CC1)CCN(C(=O)C(CC)CCC)CC2. The van der Waals surface area contributed by atoms with Crippen molar-refractivity contribution < 1.29 is 4.79 Å². The van der Waals surface area contributed by atoms with Gasteiger partial charge in [-0.3, -0.25) is 4.79 Å². The monoisotopic (exact) mass is 392 g/mol. The number of likely N-dealkylation sites (tertiary alicyclic amines) is 2. The van der Waals surface area contributed by atoms with Crippen molar-refractivity contribution in [2.45, 2.75) is 105 Å². The lowest BCUT2D eigenvalue weighted by Gasteiger charge is -2.47. The summed E-state index contributed by atoms with van der Waals surface area (Å²) < 4.78 is 0. The van der Waals surface area contributed by atoms with Crippen LogP contribution in [0.5, 0.6) is 0 Å². The molecule has 2 unspecified atom stereocenters. The maximum Gasteiger partial charge on any atom is 0.225 e. The van der Waals surface area contributed by atoms with Gasteiger partial charge in [-0.25, -0.2) is 0 Å². The number of hydrogen-bond acceptors (Lipinski definition) is 2. The maximum atomic E-state index is 12.8. The number of rotatable bonds is 11. The summed E-state index contributed by atoms with van der Waals surface area (Å²) in [7, 11) is 0. The summed E-state index contributed by atoms with van der Waals surface area (Å²) in [5, 5.41) is 0. The summed E-state index contributed by atoms with van der Waals surface area (Å²) in [6, 6.07) is 0. The van der Waals surface area contributed by atoms with Crippen LogP contribution >= 0.6 is 0 Å². The maximum absolute atomic E-state index is 12.8. The van der Waals surface area contributed by atoms with Crippen molar-refractivity contribution in [3.8, 4) is 0 Å². The fourth-order valence-corrected chi connectivity index (χ4v) is 5.42. The van der Waals surface area contributed by atoms with Crippen LogP contribution < -0.4 is 0 Å². The Bertz CT molecular complexity index is 432. The molecule has 1 amide bonds. The Hall–Kier alpha value is -0.570. The van der Waals surface area contributed by atoms with Gasteiger partial charge in [0.25, 0.3) is 0 Å². The lowest BCUT2D eigenvalue weighted by Crippen LogP contribution is -2.49. The lowest BCUT2D eigenvalue weighted by molar-refractivity contribution is -0.138. The summed E-state index contributed by atoms with van der Waals surface area (Å²) in [5.74, 6) is 1.60.